The van der Waals surface area contributed by atoms with Crippen molar-refractivity contribution < 1.29 is 14.3 Å². The molecule has 0 unspecified atom stereocenters. The summed E-state index contributed by atoms with van der Waals surface area (Å²) in [6.45, 7) is 8.13. The number of benzene rings is 4. The molecule has 0 aliphatic rings. The molecule has 1 aromatic heterocycles. The largest absolute Gasteiger partial charge is 0.444 e. The number of rotatable bonds is 9. The molecule has 0 saturated heterocycles. The maximum atomic E-state index is 14.0. The van der Waals surface area contributed by atoms with Crippen LogP contribution in [0.15, 0.2) is 121 Å². The maximum Gasteiger partial charge on any atom is 0.408 e. The van der Waals surface area contributed by atoms with Crippen LogP contribution in [0.1, 0.15) is 49.1 Å². The van der Waals surface area contributed by atoms with Gasteiger partial charge in [0.25, 0.3) is 0 Å². The molecule has 1 atom stereocenters. The molecule has 0 spiro atoms. The number of carbonyl (C=O) groups excluding carboxylic acids is 2. The Hall–Kier alpha value is -5.17. The van der Waals surface area contributed by atoms with Crippen molar-refractivity contribution in [2.75, 3.05) is 5.32 Å². The highest BCUT2D eigenvalue weighted by atomic mass is 16.6. The monoisotopic (exact) mass is 586 g/mol. The third-order valence-electron chi connectivity index (χ3n) is 7.35. The fourth-order valence-corrected chi connectivity index (χ4v) is 5.23. The number of hydrogen-bond acceptors (Lipinski definition) is 4. The van der Waals surface area contributed by atoms with Crippen LogP contribution in [0, 0.1) is 6.92 Å². The van der Waals surface area contributed by atoms with E-state index in [9.17, 15) is 9.59 Å². The molecule has 5 aromatic rings. The van der Waals surface area contributed by atoms with E-state index < -0.39 is 23.7 Å². The molecule has 2 N–H and O–H groups in total. The Labute approximate surface area is 258 Å². The predicted octanol–water partition coefficient (Wildman–Crippen LogP) is 7.57. The van der Waals surface area contributed by atoms with Gasteiger partial charge in [-0.2, -0.15) is 5.10 Å². The number of ether oxygens (including phenoxy) is 1. The van der Waals surface area contributed by atoms with Gasteiger partial charge in [0.15, 0.2) is 0 Å². The first-order chi connectivity index (χ1) is 21.2. The minimum Gasteiger partial charge on any atom is -0.444 e. The molecule has 7 heteroatoms. The quantitative estimate of drug-likeness (QED) is 0.187. The van der Waals surface area contributed by atoms with Crippen molar-refractivity contribution >= 4 is 17.7 Å². The Bertz CT molecular complexity index is 1640. The fourth-order valence-electron chi connectivity index (χ4n) is 5.23. The van der Waals surface area contributed by atoms with Gasteiger partial charge in [0.05, 0.1) is 12.7 Å². The van der Waals surface area contributed by atoms with Gasteiger partial charge in [0, 0.05) is 22.9 Å². The van der Waals surface area contributed by atoms with Gasteiger partial charge in [-0.15, -0.1) is 0 Å². The number of amides is 2. The molecule has 0 bridgehead atoms. The van der Waals surface area contributed by atoms with Crippen LogP contribution < -0.4 is 10.6 Å². The molecule has 0 aliphatic heterocycles. The lowest BCUT2D eigenvalue weighted by Gasteiger charge is -2.29. The van der Waals surface area contributed by atoms with Crippen molar-refractivity contribution in [3.63, 3.8) is 0 Å². The number of nitrogens with zero attached hydrogens (tertiary/aromatic N) is 2. The summed E-state index contributed by atoms with van der Waals surface area (Å²) in [6, 6.07) is 36.4. The highest BCUT2D eigenvalue weighted by molar-refractivity contribution is 5.98. The third-order valence-corrected chi connectivity index (χ3v) is 7.35. The average molecular weight is 587 g/mol. The van der Waals surface area contributed by atoms with E-state index in [2.05, 4.69) is 34.8 Å². The molecule has 0 aliphatic carbocycles. The molecule has 2 amide bonds. The first kappa shape index (κ1) is 30.3. The van der Waals surface area contributed by atoms with E-state index in [1.165, 1.54) is 5.56 Å². The zero-order chi connectivity index (χ0) is 31.1. The second-order valence-electron chi connectivity index (χ2n) is 11.8. The second-order valence-corrected chi connectivity index (χ2v) is 11.8. The van der Waals surface area contributed by atoms with E-state index >= 15 is 0 Å². The van der Waals surface area contributed by atoms with Crippen LogP contribution in [0.25, 0.3) is 11.1 Å². The highest BCUT2D eigenvalue weighted by Crippen LogP contribution is 2.30. The lowest BCUT2D eigenvalue weighted by molar-refractivity contribution is -0.118. The lowest BCUT2D eigenvalue weighted by Crippen LogP contribution is -2.49. The van der Waals surface area contributed by atoms with Crippen molar-refractivity contribution in [3.05, 3.63) is 144 Å². The Morgan fingerprint density at radius 2 is 1.34 bits per heavy atom. The molecule has 5 rings (SSSR count). The molecule has 0 fully saturated rings. The molecule has 0 radical (unpaired) electrons. The molecule has 224 valence electrons. The fraction of sp³-hybridized carbons (Fsp3) is 0.216. The van der Waals surface area contributed by atoms with Gasteiger partial charge >= 0.3 is 6.09 Å². The lowest BCUT2D eigenvalue weighted by atomic mass is 9.84. The average Bonchev–Trinajstić information content (AvgIpc) is 3.37. The van der Waals surface area contributed by atoms with E-state index in [0.29, 0.717) is 12.2 Å². The molecule has 44 heavy (non-hydrogen) atoms. The summed E-state index contributed by atoms with van der Waals surface area (Å²) in [7, 11) is 0. The first-order valence-electron chi connectivity index (χ1n) is 14.7. The first-order valence-corrected chi connectivity index (χ1v) is 14.7. The second kappa shape index (κ2) is 13.4. The predicted molar refractivity (Wildman–Crippen MR) is 174 cm³/mol. The van der Waals surface area contributed by atoms with Gasteiger partial charge in [-0.3, -0.25) is 9.48 Å². The summed E-state index contributed by atoms with van der Waals surface area (Å²) in [5, 5.41) is 10.5. The Morgan fingerprint density at radius 1 is 0.795 bits per heavy atom. The third kappa shape index (κ3) is 7.61. The summed E-state index contributed by atoms with van der Waals surface area (Å²) in [4.78, 5) is 27.0. The van der Waals surface area contributed by atoms with Crippen LogP contribution in [0.2, 0.25) is 0 Å². The molecule has 0 saturated carbocycles. The van der Waals surface area contributed by atoms with Gasteiger partial charge in [0.1, 0.15) is 11.6 Å². The summed E-state index contributed by atoms with van der Waals surface area (Å²) >= 11 is 0. The molecule has 4 aromatic carbocycles. The molecule has 1 heterocycles. The minimum absolute atomic E-state index is 0.354. The molecule has 7 nitrogen and oxygen atoms in total. The standard InChI is InChI=1S/C37H38N4O3/c1-26-32(24-38-41(26)25-27-14-8-5-9-15-27)28-20-22-31(23-21-28)39-35(42)34(40-36(43)44-37(2,3)4)33(29-16-10-6-11-17-29)30-18-12-7-13-19-30/h5-24,33-34H,25H2,1-4H3,(H,39,42)(H,40,43)/t34-/m0/s1. The van der Waals surface area contributed by atoms with Gasteiger partial charge in [0.2, 0.25) is 5.91 Å². The SMILES string of the molecule is Cc1c(-c2ccc(NC(=O)[C@@H](NC(=O)OC(C)(C)C)C(c3ccccc3)c3ccccc3)cc2)cnn1Cc1ccccc1. The number of nitrogens with one attached hydrogen (secondary N) is 2. The normalized spacial score (nSPS) is 12.0. The topological polar surface area (TPSA) is 85.2 Å². The van der Waals surface area contributed by atoms with Crippen molar-refractivity contribution in [1.82, 2.24) is 15.1 Å². The van der Waals surface area contributed by atoms with E-state index in [-0.39, 0.29) is 5.91 Å². The van der Waals surface area contributed by atoms with E-state index in [0.717, 1.165) is 27.9 Å². The van der Waals surface area contributed by atoms with E-state index in [1.54, 1.807) is 20.8 Å². The number of alkyl carbamates (subject to hydrolysis) is 1. The Balaban J connectivity index is 1.40. The van der Waals surface area contributed by atoms with Gasteiger partial charge in [-0.1, -0.05) is 103 Å². The van der Waals surface area contributed by atoms with Crippen LogP contribution in [0.3, 0.4) is 0 Å². The van der Waals surface area contributed by atoms with Crippen LogP contribution in [0.4, 0.5) is 10.5 Å². The van der Waals surface area contributed by atoms with Gasteiger partial charge in [-0.25, -0.2) is 4.79 Å². The summed E-state index contributed by atoms with van der Waals surface area (Å²) in [5.74, 6) is -0.810. The van der Waals surface area contributed by atoms with Gasteiger partial charge in [-0.05, 0) is 62.1 Å². The number of aromatic nitrogens is 2. The van der Waals surface area contributed by atoms with Crippen LogP contribution >= 0.6 is 0 Å². The zero-order valence-corrected chi connectivity index (χ0v) is 25.5. The van der Waals surface area contributed by atoms with Crippen LogP contribution in [-0.4, -0.2) is 33.4 Å². The Kier molecular flexibility index (Phi) is 9.24. The number of carbonyl (C=O) groups is 2. The zero-order valence-electron chi connectivity index (χ0n) is 25.5. The summed E-state index contributed by atoms with van der Waals surface area (Å²) in [6.07, 6.45) is 1.21. The number of hydrogen-bond donors (Lipinski definition) is 2. The van der Waals surface area contributed by atoms with Crippen molar-refractivity contribution in [2.24, 2.45) is 0 Å². The van der Waals surface area contributed by atoms with Crippen molar-refractivity contribution in [3.8, 4) is 11.1 Å². The van der Waals surface area contributed by atoms with E-state index in [4.69, 9.17) is 4.74 Å². The smallest absolute Gasteiger partial charge is 0.408 e. The van der Waals surface area contributed by atoms with Crippen LogP contribution in [0.5, 0.6) is 0 Å². The van der Waals surface area contributed by atoms with E-state index in [1.807, 2.05) is 114 Å². The number of anilines is 1. The molecular formula is C37H38N4O3. The maximum absolute atomic E-state index is 14.0. The van der Waals surface area contributed by atoms with Crippen molar-refractivity contribution in [1.29, 1.82) is 0 Å². The molecular weight excluding hydrogens is 548 g/mol. The minimum atomic E-state index is -0.951. The summed E-state index contributed by atoms with van der Waals surface area (Å²) < 4.78 is 7.55. The van der Waals surface area contributed by atoms with Gasteiger partial charge < -0.3 is 15.4 Å². The Morgan fingerprint density at radius 3 is 1.89 bits per heavy atom. The van der Waals surface area contributed by atoms with Crippen molar-refractivity contribution in [2.45, 2.75) is 51.8 Å². The van der Waals surface area contributed by atoms with Crippen LogP contribution in [-0.2, 0) is 16.1 Å². The highest BCUT2D eigenvalue weighted by Gasteiger charge is 2.34. The summed E-state index contributed by atoms with van der Waals surface area (Å²) in [5.41, 5.74) is 5.95.